The van der Waals surface area contributed by atoms with E-state index in [2.05, 4.69) is 0 Å². The van der Waals surface area contributed by atoms with Gasteiger partial charge in [0.1, 0.15) is 0 Å². The zero-order valence-corrected chi connectivity index (χ0v) is 9.71. The Bertz CT molecular complexity index is 608. The van der Waals surface area contributed by atoms with Gasteiger partial charge in [-0.3, -0.25) is 19.3 Å². The van der Waals surface area contributed by atoms with E-state index in [0.717, 1.165) is 4.90 Å². The van der Waals surface area contributed by atoms with Crippen molar-refractivity contribution in [2.24, 2.45) is 0 Å². The summed E-state index contributed by atoms with van der Waals surface area (Å²) >= 11 is 0. The van der Waals surface area contributed by atoms with Crippen LogP contribution in [0.2, 0.25) is 0 Å². The first-order chi connectivity index (χ1) is 9.09. The molecule has 0 aliphatic carbocycles. The maximum atomic E-state index is 12.2. The molecule has 2 heterocycles. The minimum atomic E-state index is -1.07. The number of carbonyl (C=O) groups excluding carboxylic acids is 2. The molecule has 3 rings (SSSR count). The van der Waals surface area contributed by atoms with Gasteiger partial charge in [-0.05, 0) is 12.1 Å². The van der Waals surface area contributed by atoms with E-state index in [-0.39, 0.29) is 36.6 Å². The summed E-state index contributed by atoms with van der Waals surface area (Å²) in [6.45, 7) is -0.153. The monoisotopic (exact) mass is 263 g/mol. The third-order valence-electron chi connectivity index (χ3n) is 3.02. The van der Waals surface area contributed by atoms with Crippen molar-refractivity contribution in [2.45, 2.75) is 6.42 Å². The Morgan fingerprint density at radius 2 is 2.05 bits per heavy atom. The lowest BCUT2D eigenvalue weighted by Crippen LogP contribution is -2.31. The number of aliphatic carboxylic acids is 1. The molecule has 2 amide bonds. The van der Waals surface area contributed by atoms with Gasteiger partial charge in [0.05, 0.1) is 17.5 Å². The highest BCUT2D eigenvalue weighted by Gasteiger charge is 2.40. The second kappa shape index (κ2) is 3.98. The third kappa shape index (κ3) is 1.62. The first kappa shape index (κ1) is 11.5. The van der Waals surface area contributed by atoms with Crippen molar-refractivity contribution in [3.8, 4) is 11.5 Å². The molecule has 0 unspecified atom stereocenters. The molecule has 19 heavy (non-hydrogen) atoms. The number of nitrogens with zero attached hydrogens (tertiary/aromatic N) is 1. The van der Waals surface area contributed by atoms with E-state index >= 15 is 0 Å². The van der Waals surface area contributed by atoms with Crippen molar-refractivity contribution < 1.29 is 29.0 Å². The largest absolute Gasteiger partial charge is 0.481 e. The van der Waals surface area contributed by atoms with Crippen molar-refractivity contribution >= 4 is 17.8 Å². The molecule has 0 bridgehead atoms. The second-order valence-electron chi connectivity index (χ2n) is 4.13. The third-order valence-corrected chi connectivity index (χ3v) is 3.02. The molecular formula is C12H9NO6. The maximum absolute atomic E-state index is 12.2. The minimum Gasteiger partial charge on any atom is -0.481 e. The normalized spacial score (nSPS) is 15.9. The fraction of sp³-hybridized carbons (Fsp3) is 0.250. The molecule has 0 spiro atoms. The molecule has 0 aromatic heterocycles. The van der Waals surface area contributed by atoms with Crippen LogP contribution < -0.4 is 9.47 Å². The Kier molecular flexibility index (Phi) is 2.41. The predicted octanol–water partition coefficient (Wildman–Crippen LogP) is 0.486. The summed E-state index contributed by atoms with van der Waals surface area (Å²) in [7, 11) is 0. The highest BCUT2D eigenvalue weighted by atomic mass is 16.7. The van der Waals surface area contributed by atoms with E-state index in [0.29, 0.717) is 5.75 Å². The lowest BCUT2D eigenvalue weighted by Gasteiger charge is -2.11. The van der Waals surface area contributed by atoms with Gasteiger partial charge in [0.2, 0.25) is 6.79 Å². The number of rotatable bonds is 3. The summed E-state index contributed by atoms with van der Waals surface area (Å²) in [5.41, 5.74) is 0.380. The van der Waals surface area contributed by atoms with Crippen molar-refractivity contribution in [1.29, 1.82) is 0 Å². The van der Waals surface area contributed by atoms with Gasteiger partial charge in [-0.25, -0.2) is 0 Å². The van der Waals surface area contributed by atoms with Gasteiger partial charge in [0.25, 0.3) is 11.8 Å². The Hall–Kier alpha value is -2.57. The summed E-state index contributed by atoms with van der Waals surface area (Å²) in [6.07, 6.45) is -0.287. The van der Waals surface area contributed by atoms with Crippen LogP contribution in [0.25, 0.3) is 0 Å². The van der Waals surface area contributed by atoms with E-state index in [1.165, 1.54) is 6.07 Å². The second-order valence-corrected chi connectivity index (χ2v) is 4.13. The van der Waals surface area contributed by atoms with Gasteiger partial charge in [0, 0.05) is 6.54 Å². The Morgan fingerprint density at radius 1 is 1.26 bits per heavy atom. The van der Waals surface area contributed by atoms with Gasteiger partial charge in [0.15, 0.2) is 11.5 Å². The molecule has 0 fully saturated rings. The van der Waals surface area contributed by atoms with Crippen molar-refractivity contribution in [1.82, 2.24) is 4.90 Å². The predicted molar refractivity (Wildman–Crippen MR) is 60.2 cm³/mol. The minimum absolute atomic E-state index is 0.00236. The first-order valence-electron chi connectivity index (χ1n) is 5.60. The maximum Gasteiger partial charge on any atom is 0.305 e. The molecule has 1 aromatic carbocycles. The average Bonchev–Trinajstić information content (AvgIpc) is 2.92. The Labute approximate surface area is 107 Å². The molecule has 98 valence electrons. The van der Waals surface area contributed by atoms with E-state index in [9.17, 15) is 14.4 Å². The number of imide groups is 1. The number of amides is 2. The summed E-state index contributed by atoms with van der Waals surface area (Å²) in [5.74, 6) is -1.43. The van der Waals surface area contributed by atoms with Crippen molar-refractivity contribution in [3.05, 3.63) is 23.3 Å². The fourth-order valence-electron chi connectivity index (χ4n) is 2.15. The lowest BCUT2D eigenvalue weighted by atomic mass is 10.1. The van der Waals surface area contributed by atoms with Crippen LogP contribution in [-0.4, -0.2) is 41.1 Å². The number of benzene rings is 1. The van der Waals surface area contributed by atoms with Gasteiger partial charge < -0.3 is 14.6 Å². The summed E-state index contributed by atoms with van der Waals surface area (Å²) in [6, 6.07) is 3.05. The number of fused-ring (bicyclic) bond motifs is 3. The molecule has 0 saturated carbocycles. The SMILES string of the molecule is O=C(O)CCN1C(=O)c2ccc3c(c2C1=O)OCO3. The number of ether oxygens (including phenoxy) is 2. The van der Waals surface area contributed by atoms with Crippen LogP contribution in [0.3, 0.4) is 0 Å². The molecule has 7 heteroatoms. The molecule has 2 aliphatic rings. The van der Waals surface area contributed by atoms with Gasteiger partial charge >= 0.3 is 5.97 Å². The van der Waals surface area contributed by atoms with Gasteiger partial charge in [-0.2, -0.15) is 0 Å². The first-order valence-corrected chi connectivity index (χ1v) is 5.60. The molecule has 1 N–H and O–H groups in total. The van der Waals surface area contributed by atoms with Crippen LogP contribution in [0.1, 0.15) is 27.1 Å². The molecule has 0 radical (unpaired) electrons. The van der Waals surface area contributed by atoms with Crippen LogP contribution in [-0.2, 0) is 4.79 Å². The standard InChI is InChI=1S/C12H9NO6/c14-8(15)3-4-13-11(16)6-1-2-7-10(19-5-18-7)9(6)12(13)17/h1-2H,3-5H2,(H,14,15). The summed E-state index contributed by atoms with van der Waals surface area (Å²) in [4.78, 5) is 35.6. The van der Waals surface area contributed by atoms with Crippen LogP contribution in [0.15, 0.2) is 12.1 Å². The number of carboxylic acids is 1. The number of carbonyl (C=O) groups is 3. The molecule has 1 aromatic rings. The summed E-state index contributed by atoms with van der Waals surface area (Å²) < 4.78 is 10.3. The van der Waals surface area contributed by atoms with Crippen molar-refractivity contribution in [2.75, 3.05) is 13.3 Å². The van der Waals surface area contributed by atoms with Crippen LogP contribution in [0.5, 0.6) is 11.5 Å². The molecular weight excluding hydrogens is 254 g/mol. The highest BCUT2D eigenvalue weighted by Crippen LogP contribution is 2.41. The number of hydrogen-bond donors (Lipinski definition) is 1. The lowest BCUT2D eigenvalue weighted by molar-refractivity contribution is -0.137. The van der Waals surface area contributed by atoms with E-state index in [1.807, 2.05) is 0 Å². The van der Waals surface area contributed by atoms with Crippen LogP contribution in [0, 0.1) is 0 Å². The van der Waals surface area contributed by atoms with Crippen LogP contribution >= 0.6 is 0 Å². The quantitative estimate of drug-likeness (QED) is 0.797. The van der Waals surface area contributed by atoms with E-state index in [1.54, 1.807) is 6.07 Å². The molecule has 2 aliphatic heterocycles. The fourth-order valence-corrected chi connectivity index (χ4v) is 2.15. The van der Waals surface area contributed by atoms with E-state index < -0.39 is 17.8 Å². The smallest absolute Gasteiger partial charge is 0.305 e. The molecule has 0 atom stereocenters. The molecule has 0 saturated heterocycles. The van der Waals surface area contributed by atoms with Gasteiger partial charge in [-0.15, -0.1) is 0 Å². The Morgan fingerprint density at radius 3 is 2.79 bits per heavy atom. The number of carboxylic acid groups (broad SMARTS) is 1. The average molecular weight is 263 g/mol. The Balaban J connectivity index is 1.98. The van der Waals surface area contributed by atoms with Crippen LogP contribution in [0.4, 0.5) is 0 Å². The van der Waals surface area contributed by atoms with E-state index in [4.69, 9.17) is 14.6 Å². The number of hydrogen-bond acceptors (Lipinski definition) is 5. The van der Waals surface area contributed by atoms with Crippen molar-refractivity contribution in [3.63, 3.8) is 0 Å². The molecule has 7 nitrogen and oxygen atoms in total. The summed E-state index contributed by atoms with van der Waals surface area (Å²) in [5, 5.41) is 8.62. The van der Waals surface area contributed by atoms with Gasteiger partial charge in [-0.1, -0.05) is 0 Å². The zero-order valence-electron chi connectivity index (χ0n) is 9.71. The highest BCUT2D eigenvalue weighted by molar-refractivity contribution is 6.23. The topological polar surface area (TPSA) is 93.1 Å². The zero-order chi connectivity index (χ0) is 13.6.